The minimum atomic E-state index is -3.67. The van der Waals surface area contributed by atoms with Crippen LogP contribution in [0.25, 0.3) is 21.5 Å². The van der Waals surface area contributed by atoms with E-state index in [9.17, 15) is 8.42 Å². The van der Waals surface area contributed by atoms with Crippen molar-refractivity contribution in [3.63, 3.8) is 0 Å². The second-order valence-corrected chi connectivity index (χ2v) is 13.5. The van der Waals surface area contributed by atoms with Crippen LogP contribution in [0.4, 0.5) is 0 Å². The molecule has 270 valence electrons. The highest BCUT2D eigenvalue weighted by atomic mass is 32.2. The van der Waals surface area contributed by atoms with Crippen LogP contribution < -0.4 is 29.6 Å². The van der Waals surface area contributed by atoms with Crippen LogP contribution in [0.2, 0.25) is 0 Å². The Kier molecular flexibility index (Phi) is 17.5. The Balaban J connectivity index is 0.00000121. The largest absolute Gasteiger partial charge is 0.496 e. The molecule has 0 aliphatic carbocycles. The average Bonchev–Trinajstić information content (AvgIpc) is 3.09. The van der Waals surface area contributed by atoms with Crippen molar-refractivity contribution in [1.29, 1.82) is 0 Å². The maximum Gasteiger partial charge on any atom is 0.261 e. The Bertz CT molecular complexity index is 1560. The molecule has 0 heterocycles. The lowest BCUT2D eigenvalue weighted by Crippen LogP contribution is -2.22. The van der Waals surface area contributed by atoms with E-state index in [0.717, 1.165) is 135 Å². The fraction of sp³-hybridized carbons (Fsp3) is 0.487. The fourth-order valence-corrected chi connectivity index (χ4v) is 5.62. The van der Waals surface area contributed by atoms with Crippen LogP contribution >= 0.6 is 0 Å². The smallest absolute Gasteiger partial charge is 0.261 e. The minimum absolute atomic E-state index is 0.715. The number of hydrogen-bond acceptors (Lipinski definition) is 8. The van der Waals surface area contributed by atoms with E-state index in [0.29, 0.717) is 6.26 Å². The predicted octanol–water partition coefficient (Wildman–Crippen LogP) is 7.62. The van der Waals surface area contributed by atoms with Crippen LogP contribution in [0.1, 0.15) is 63.5 Å². The molecule has 0 bridgehead atoms. The van der Waals surface area contributed by atoms with Gasteiger partial charge in [0.1, 0.15) is 23.0 Å². The van der Waals surface area contributed by atoms with Gasteiger partial charge in [0.25, 0.3) is 10.1 Å². The van der Waals surface area contributed by atoms with Gasteiger partial charge in [0.05, 0.1) is 33.7 Å². The van der Waals surface area contributed by atoms with Crippen molar-refractivity contribution in [2.75, 3.05) is 59.9 Å². The van der Waals surface area contributed by atoms with Crippen LogP contribution in [0.3, 0.4) is 0 Å². The lowest BCUT2D eigenvalue weighted by atomic mass is 10.0. The molecule has 0 amide bonds. The number of ether oxygens (including phenoxy) is 4. The Hall–Kier alpha value is -3.57. The summed E-state index contributed by atoms with van der Waals surface area (Å²) in [6, 6.07) is 21.1. The molecule has 4 aromatic carbocycles. The fourth-order valence-electron chi connectivity index (χ4n) is 5.62. The third-order valence-corrected chi connectivity index (χ3v) is 8.10. The van der Waals surface area contributed by atoms with Gasteiger partial charge < -0.3 is 29.6 Å². The maximum absolute atomic E-state index is 9.19. The molecule has 9 nitrogen and oxygen atoms in total. The summed E-state index contributed by atoms with van der Waals surface area (Å²) >= 11 is 0. The van der Waals surface area contributed by atoms with Gasteiger partial charge in [0.15, 0.2) is 0 Å². The van der Waals surface area contributed by atoms with E-state index in [2.05, 4.69) is 85.1 Å². The SMILES string of the molecule is CCCCOc1c(CCNCCCCNCCc2cc(OC)c3ccccc3c2OCCCC)cc(OC)c2ccccc12.CS(=O)(=O)O. The van der Waals surface area contributed by atoms with Crippen LogP contribution in [-0.2, 0) is 23.0 Å². The van der Waals surface area contributed by atoms with Crippen molar-refractivity contribution in [1.82, 2.24) is 10.6 Å². The van der Waals surface area contributed by atoms with Gasteiger partial charge >= 0.3 is 0 Å². The first-order valence-electron chi connectivity index (χ1n) is 17.5. The van der Waals surface area contributed by atoms with Gasteiger partial charge in [-0.05, 0) is 88.0 Å². The predicted molar refractivity (Wildman–Crippen MR) is 202 cm³/mol. The molecule has 4 rings (SSSR count). The molecule has 0 aliphatic heterocycles. The number of nitrogens with one attached hydrogen (secondary N) is 2. The lowest BCUT2D eigenvalue weighted by molar-refractivity contribution is 0.309. The summed E-state index contributed by atoms with van der Waals surface area (Å²) in [7, 11) is -0.178. The first-order chi connectivity index (χ1) is 23.7. The van der Waals surface area contributed by atoms with Gasteiger partial charge in [-0.2, -0.15) is 8.42 Å². The zero-order valence-corrected chi connectivity index (χ0v) is 30.8. The van der Waals surface area contributed by atoms with Crippen molar-refractivity contribution < 1.29 is 31.9 Å². The van der Waals surface area contributed by atoms with E-state index >= 15 is 0 Å². The Morgan fingerprint density at radius 1 is 0.612 bits per heavy atom. The molecule has 4 aromatic rings. The molecule has 0 atom stereocenters. The molecular weight excluding hydrogens is 641 g/mol. The van der Waals surface area contributed by atoms with Gasteiger partial charge in [0, 0.05) is 21.5 Å². The molecule has 0 radical (unpaired) electrons. The summed E-state index contributed by atoms with van der Waals surface area (Å²) in [6.45, 7) is 9.67. The van der Waals surface area contributed by atoms with Crippen LogP contribution in [-0.4, -0.2) is 72.8 Å². The number of rotatable bonds is 21. The molecular formula is C39H56N2O7S. The van der Waals surface area contributed by atoms with Crippen LogP contribution in [0.5, 0.6) is 23.0 Å². The number of unbranched alkanes of at least 4 members (excludes halogenated alkanes) is 3. The first kappa shape index (κ1) is 39.9. The quantitative estimate of drug-likeness (QED) is 0.0598. The monoisotopic (exact) mass is 696 g/mol. The van der Waals surface area contributed by atoms with E-state index in [1.54, 1.807) is 14.2 Å². The van der Waals surface area contributed by atoms with Crippen LogP contribution in [0.15, 0.2) is 60.7 Å². The van der Waals surface area contributed by atoms with Gasteiger partial charge in [-0.1, -0.05) is 75.2 Å². The molecule has 0 fully saturated rings. The average molecular weight is 697 g/mol. The van der Waals surface area contributed by atoms with Crippen molar-refractivity contribution in [3.8, 4) is 23.0 Å². The van der Waals surface area contributed by atoms with E-state index in [1.807, 2.05) is 0 Å². The van der Waals surface area contributed by atoms with E-state index in [4.69, 9.17) is 23.5 Å². The highest BCUT2D eigenvalue weighted by molar-refractivity contribution is 7.85. The van der Waals surface area contributed by atoms with Crippen molar-refractivity contribution in [2.45, 2.75) is 65.2 Å². The summed E-state index contributed by atoms with van der Waals surface area (Å²) in [5.41, 5.74) is 2.41. The zero-order valence-electron chi connectivity index (χ0n) is 30.0. The third-order valence-electron chi connectivity index (χ3n) is 8.10. The molecule has 10 heteroatoms. The highest BCUT2D eigenvalue weighted by Crippen LogP contribution is 2.38. The lowest BCUT2D eigenvalue weighted by Gasteiger charge is -2.17. The third kappa shape index (κ3) is 13.3. The molecule has 0 saturated heterocycles. The summed E-state index contributed by atoms with van der Waals surface area (Å²) < 4.78 is 50.0. The highest BCUT2D eigenvalue weighted by Gasteiger charge is 2.15. The molecule has 0 saturated carbocycles. The summed E-state index contributed by atoms with van der Waals surface area (Å²) in [4.78, 5) is 0. The summed E-state index contributed by atoms with van der Waals surface area (Å²) in [5.74, 6) is 3.82. The molecule has 0 aromatic heterocycles. The maximum atomic E-state index is 9.19. The Morgan fingerprint density at radius 2 is 0.980 bits per heavy atom. The second kappa shape index (κ2) is 21.5. The van der Waals surface area contributed by atoms with Gasteiger partial charge in [0.2, 0.25) is 0 Å². The number of fused-ring (bicyclic) bond motifs is 2. The topological polar surface area (TPSA) is 115 Å². The normalized spacial score (nSPS) is 11.3. The van der Waals surface area contributed by atoms with E-state index in [-0.39, 0.29) is 0 Å². The Labute approximate surface area is 293 Å². The van der Waals surface area contributed by atoms with Gasteiger partial charge in [-0.15, -0.1) is 0 Å². The minimum Gasteiger partial charge on any atom is -0.496 e. The van der Waals surface area contributed by atoms with Crippen LogP contribution in [0, 0.1) is 0 Å². The summed E-state index contributed by atoms with van der Waals surface area (Å²) in [6.07, 6.45) is 9.11. The molecule has 0 aliphatic rings. The van der Waals surface area contributed by atoms with Crippen molar-refractivity contribution in [3.05, 3.63) is 71.8 Å². The van der Waals surface area contributed by atoms with E-state index < -0.39 is 10.1 Å². The number of methoxy groups -OCH3 is 2. The molecule has 49 heavy (non-hydrogen) atoms. The second-order valence-electron chi connectivity index (χ2n) is 12.1. The standard InChI is InChI=1S/C38H52N2O4.CH4O3S/c1-5-7-25-43-37-29(27-35(41-3)31-15-9-11-17-33(31)37)19-23-39-21-13-14-22-40-24-20-30-28-36(42-4)32-16-10-12-18-34(32)38(30)44-26-8-6-2;1-5(2,3)4/h9-12,15-18,27-28,39-40H,5-8,13-14,19-26H2,1-4H3;1H3,(H,2,3,4). The van der Waals surface area contributed by atoms with Gasteiger partial charge in [-0.3, -0.25) is 4.55 Å². The van der Waals surface area contributed by atoms with Crippen molar-refractivity contribution >= 4 is 31.7 Å². The zero-order chi connectivity index (χ0) is 35.5. The number of benzene rings is 4. The molecule has 0 spiro atoms. The van der Waals surface area contributed by atoms with Crippen molar-refractivity contribution in [2.24, 2.45) is 0 Å². The summed E-state index contributed by atoms with van der Waals surface area (Å²) in [5, 5.41) is 11.7. The molecule has 0 unspecified atom stereocenters. The van der Waals surface area contributed by atoms with E-state index in [1.165, 1.54) is 11.1 Å². The Morgan fingerprint density at radius 3 is 1.33 bits per heavy atom. The first-order valence-corrected chi connectivity index (χ1v) is 19.3. The molecule has 3 N–H and O–H groups in total. The van der Waals surface area contributed by atoms with Gasteiger partial charge in [-0.25, -0.2) is 0 Å². The number of hydrogen-bond donors (Lipinski definition) is 3.